The third kappa shape index (κ3) is 3.48. The quantitative estimate of drug-likeness (QED) is 0.764. The van der Waals surface area contributed by atoms with Gasteiger partial charge < -0.3 is 10.2 Å². The van der Waals surface area contributed by atoms with Gasteiger partial charge in [0, 0.05) is 12.6 Å². The summed E-state index contributed by atoms with van der Waals surface area (Å²) >= 11 is 0. The lowest BCUT2D eigenvalue weighted by atomic mass is 9.92. The average Bonchev–Trinajstić information content (AvgIpc) is 2.25. The van der Waals surface area contributed by atoms with E-state index in [1.165, 1.54) is 19.4 Å². The van der Waals surface area contributed by atoms with Crippen molar-refractivity contribution in [2.45, 2.75) is 45.2 Å². The highest BCUT2D eigenvalue weighted by Crippen LogP contribution is 2.22. The Morgan fingerprint density at radius 2 is 2.27 bits per heavy atom. The van der Waals surface area contributed by atoms with Crippen molar-refractivity contribution >= 4 is 0 Å². The summed E-state index contributed by atoms with van der Waals surface area (Å²) in [6.07, 6.45) is 3.59. The van der Waals surface area contributed by atoms with Gasteiger partial charge in [-0.15, -0.1) is 0 Å². The van der Waals surface area contributed by atoms with Gasteiger partial charge in [-0.2, -0.15) is 5.26 Å². The minimum absolute atomic E-state index is 0.00873. The molecular weight excluding hydrogens is 186 g/mol. The molecule has 0 aromatic heterocycles. The molecule has 3 unspecified atom stereocenters. The van der Waals surface area contributed by atoms with Crippen molar-refractivity contribution in [2.24, 2.45) is 5.92 Å². The molecule has 0 saturated carbocycles. The second-order valence-electron chi connectivity index (χ2n) is 4.66. The van der Waals surface area contributed by atoms with E-state index in [1.54, 1.807) is 0 Å². The van der Waals surface area contributed by atoms with Crippen LogP contribution in [0.2, 0.25) is 0 Å². The van der Waals surface area contributed by atoms with Crippen LogP contribution in [0.3, 0.4) is 0 Å². The Morgan fingerprint density at radius 1 is 1.53 bits per heavy atom. The maximum Gasteiger partial charge on any atom is 0.0962 e. The lowest BCUT2D eigenvalue weighted by molar-refractivity contribution is 0.111. The average molecular weight is 209 g/mol. The third-order valence-corrected chi connectivity index (χ3v) is 3.71. The smallest absolute Gasteiger partial charge is 0.0962 e. The van der Waals surface area contributed by atoms with Gasteiger partial charge in [0.25, 0.3) is 0 Å². The first-order valence-corrected chi connectivity index (χ1v) is 6.00. The molecule has 1 heterocycles. The van der Waals surface area contributed by atoms with Crippen LogP contribution in [0.5, 0.6) is 0 Å². The Kier molecular flexibility index (Phi) is 5.07. The summed E-state index contributed by atoms with van der Waals surface area (Å²) in [5, 5.41) is 11.9. The van der Waals surface area contributed by atoms with Gasteiger partial charge in [0.05, 0.1) is 12.1 Å². The molecule has 0 bridgehead atoms. The zero-order chi connectivity index (χ0) is 11.3. The second kappa shape index (κ2) is 6.09. The number of piperidine rings is 1. The summed E-state index contributed by atoms with van der Waals surface area (Å²) < 4.78 is 0. The minimum Gasteiger partial charge on any atom is -0.305 e. The maximum atomic E-state index is 8.84. The molecule has 1 aliphatic rings. The highest BCUT2D eigenvalue weighted by atomic mass is 15.2. The summed E-state index contributed by atoms with van der Waals surface area (Å²) in [6.45, 7) is 6.89. The first-order valence-electron chi connectivity index (χ1n) is 6.00. The molecule has 3 heteroatoms. The van der Waals surface area contributed by atoms with Gasteiger partial charge in [0.15, 0.2) is 0 Å². The molecule has 0 radical (unpaired) electrons. The number of rotatable bonds is 4. The SMILES string of the molecule is CNC(C#N)CCN1CCCC(C)C1C. The predicted octanol–water partition coefficient (Wildman–Crippen LogP) is 1.61. The lowest BCUT2D eigenvalue weighted by Gasteiger charge is -2.38. The van der Waals surface area contributed by atoms with Gasteiger partial charge in [-0.05, 0) is 45.7 Å². The largest absolute Gasteiger partial charge is 0.305 e. The molecule has 0 aromatic rings. The van der Waals surface area contributed by atoms with E-state index in [1.807, 2.05) is 7.05 Å². The van der Waals surface area contributed by atoms with E-state index in [4.69, 9.17) is 5.26 Å². The van der Waals surface area contributed by atoms with E-state index in [2.05, 4.69) is 30.1 Å². The van der Waals surface area contributed by atoms with Crippen LogP contribution in [0.15, 0.2) is 0 Å². The monoisotopic (exact) mass is 209 g/mol. The number of likely N-dealkylation sites (tertiary alicyclic amines) is 1. The molecule has 0 amide bonds. The van der Waals surface area contributed by atoms with E-state index in [9.17, 15) is 0 Å². The zero-order valence-electron chi connectivity index (χ0n) is 10.2. The van der Waals surface area contributed by atoms with E-state index in [0.29, 0.717) is 6.04 Å². The number of hydrogen-bond acceptors (Lipinski definition) is 3. The summed E-state index contributed by atoms with van der Waals surface area (Å²) in [7, 11) is 1.86. The van der Waals surface area contributed by atoms with Gasteiger partial charge in [0.1, 0.15) is 0 Å². The van der Waals surface area contributed by atoms with Crippen LogP contribution in [0.1, 0.15) is 33.1 Å². The minimum atomic E-state index is 0.00873. The third-order valence-electron chi connectivity index (χ3n) is 3.71. The second-order valence-corrected chi connectivity index (χ2v) is 4.66. The zero-order valence-corrected chi connectivity index (χ0v) is 10.2. The van der Waals surface area contributed by atoms with Crippen LogP contribution >= 0.6 is 0 Å². The first-order chi connectivity index (χ1) is 7.19. The van der Waals surface area contributed by atoms with Crippen LogP contribution in [-0.2, 0) is 0 Å². The Morgan fingerprint density at radius 3 is 2.87 bits per heavy atom. The Labute approximate surface area is 93.5 Å². The highest BCUT2D eigenvalue weighted by Gasteiger charge is 2.24. The molecule has 1 saturated heterocycles. The van der Waals surface area contributed by atoms with Crippen molar-refractivity contribution in [1.29, 1.82) is 5.26 Å². The van der Waals surface area contributed by atoms with E-state index in [0.717, 1.165) is 18.9 Å². The molecule has 1 aliphatic heterocycles. The van der Waals surface area contributed by atoms with Crippen molar-refractivity contribution < 1.29 is 0 Å². The summed E-state index contributed by atoms with van der Waals surface area (Å²) in [6, 6.07) is 2.96. The van der Waals surface area contributed by atoms with Gasteiger partial charge >= 0.3 is 0 Å². The maximum absolute atomic E-state index is 8.84. The predicted molar refractivity (Wildman–Crippen MR) is 62.5 cm³/mol. The van der Waals surface area contributed by atoms with Gasteiger partial charge in [-0.25, -0.2) is 0 Å². The number of nitriles is 1. The van der Waals surface area contributed by atoms with Crippen LogP contribution in [0.25, 0.3) is 0 Å². The fourth-order valence-electron chi connectivity index (χ4n) is 2.30. The van der Waals surface area contributed by atoms with E-state index < -0.39 is 0 Å². The van der Waals surface area contributed by atoms with Crippen molar-refractivity contribution in [1.82, 2.24) is 10.2 Å². The number of hydrogen-bond donors (Lipinski definition) is 1. The van der Waals surface area contributed by atoms with Crippen LogP contribution in [-0.4, -0.2) is 37.1 Å². The molecule has 1 N–H and O–H groups in total. The van der Waals surface area contributed by atoms with Crippen molar-refractivity contribution in [2.75, 3.05) is 20.1 Å². The van der Waals surface area contributed by atoms with Crippen LogP contribution in [0.4, 0.5) is 0 Å². The summed E-state index contributed by atoms with van der Waals surface area (Å²) in [4.78, 5) is 2.52. The number of nitrogens with zero attached hydrogens (tertiary/aromatic N) is 2. The summed E-state index contributed by atoms with van der Waals surface area (Å²) in [5.41, 5.74) is 0. The van der Waals surface area contributed by atoms with Crippen LogP contribution < -0.4 is 5.32 Å². The van der Waals surface area contributed by atoms with E-state index in [-0.39, 0.29) is 6.04 Å². The molecule has 1 rings (SSSR count). The standard InChI is InChI=1S/C12H23N3/c1-10-5-4-7-15(11(10)2)8-6-12(9-13)14-3/h10-12,14H,4-8H2,1-3H3. The lowest BCUT2D eigenvalue weighted by Crippen LogP contribution is -2.44. The van der Waals surface area contributed by atoms with E-state index >= 15 is 0 Å². The van der Waals surface area contributed by atoms with Gasteiger partial charge in [0.2, 0.25) is 0 Å². The highest BCUT2D eigenvalue weighted by molar-refractivity contribution is 4.90. The molecule has 86 valence electrons. The Bertz CT molecular complexity index is 221. The molecule has 1 fully saturated rings. The fourth-order valence-corrected chi connectivity index (χ4v) is 2.30. The Hall–Kier alpha value is -0.590. The first kappa shape index (κ1) is 12.5. The van der Waals surface area contributed by atoms with Crippen molar-refractivity contribution in [3.05, 3.63) is 0 Å². The molecule has 3 atom stereocenters. The normalized spacial score (nSPS) is 29.7. The van der Waals surface area contributed by atoms with Crippen LogP contribution in [0, 0.1) is 17.2 Å². The summed E-state index contributed by atoms with van der Waals surface area (Å²) in [5.74, 6) is 0.800. The molecule has 0 aliphatic carbocycles. The fraction of sp³-hybridized carbons (Fsp3) is 0.917. The topological polar surface area (TPSA) is 39.1 Å². The molecule has 0 spiro atoms. The molecule has 0 aromatic carbocycles. The molecular formula is C12H23N3. The Balaban J connectivity index is 2.34. The number of nitrogens with one attached hydrogen (secondary N) is 1. The van der Waals surface area contributed by atoms with Crippen molar-refractivity contribution in [3.63, 3.8) is 0 Å². The molecule has 3 nitrogen and oxygen atoms in total. The van der Waals surface area contributed by atoms with Crippen molar-refractivity contribution in [3.8, 4) is 6.07 Å². The molecule has 15 heavy (non-hydrogen) atoms. The van der Waals surface area contributed by atoms with Gasteiger partial charge in [-0.1, -0.05) is 6.92 Å². The van der Waals surface area contributed by atoms with Gasteiger partial charge in [-0.3, -0.25) is 0 Å².